The van der Waals surface area contributed by atoms with Gasteiger partial charge >= 0.3 is 0 Å². The lowest BCUT2D eigenvalue weighted by Crippen LogP contribution is -2.31. The number of aromatic nitrogens is 2. The minimum Gasteiger partial charge on any atom is -0.371 e. The van der Waals surface area contributed by atoms with Gasteiger partial charge in [-0.1, -0.05) is 12.1 Å². The van der Waals surface area contributed by atoms with Crippen molar-refractivity contribution in [3.63, 3.8) is 0 Å². The fourth-order valence-corrected chi connectivity index (χ4v) is 3.72. The molecule has 0 bridgehead atoms. The van der Waals surface area contributed by atoms with Crippen LogP contribution in [0.15, 0.2) is 53.3 Å². The van der Waals surface area contributed by atoms with Gasteiger partial charge in [0.05, 0.1) is 10.9 Å². The topological polar surface area (TPSA) is 78.1 Å². The van der Waals surface area contributed by atoms with E-state index in [-0.39, 0.29) is 23.7 Å². The lowest BCUT2D eigenvalue weighted by Gasteiger charge is -2.18. The maximum Gasteiger partial charge on any atom is 0.258 e. The predicted octanol–water partition coefficient (Wildman–Crippen LogP) is 2.64. The van der Waals surface area contributed by atoms with Crippen molar-refractivity contribution in [2.24, 2.45) is 5.92 Å². The maximum absolute atomic E-state index is 13.1. The number of aryl methyl sites for hydroxylation is 1. The van der Waals surface area contributed by atoms with Gasteiger partial charge in [-0.15, -0.1) is 0 Å². The first-order valence-electron chi connectivity index (χ1n) is 9.83. The Hall–Kier alpha value is -3.22. The molecule has 1 aromatic heterocycles. The standard InChI is InChI=1S/C22H23FN4O2/c23-16-5-7-17(8-6-16)27-12-11-15(14-27)13-24-21(28)10-9-20-25-19-4-2-1-3-18(19)22(29)26-20/h1-8,15H,9-14H2,(H,24,28)(H,25,26,29). The highest BCUT2D eigenvalue weighted by molar-refractivity contribution is 5.78. The van der Waals surface area contributed by atoms with Crippen LogP contribution in [0.1, 0.15) is 18.7 Å². The Kier molecular flexibility index (Phi) is 5.55. The van der Waals surface area contributed by atoms with E-state index in [1.807, 2.05) is 6.07 Å². The van der Waals surface area contributed by atoms with E-state index in [9.17, 15) is 14.0 Å². The van der Waals surface area contributed by atoms with Gasteiger partial charge in [-0.25, -0.2) is 9.37 Å². The molecule has 0 aliphatic carbocycles. The van der Waals surface area contributed by atoms with Crippen molar-refractivity contribution >= 4 is 22.5 Å². The van der Waals surface area contributed by atoms with Crippen LogP contribution < -0.4 is 15.8 Å². The first-order valence-corrected chi connectivity index (χ1v) is 9.83. The van der Waals surface area contributed by atoms with Gasteiger partial charge < -0.3 is 15.2 Å². The Morgan fingerprint density at radius 3 is 2.83 bits per heavy atom. The number of carbonyl (C=O) groups is 1. The highest BCUT2D eigenvalue weighted by Gasteiger charge is 2.23. The van der Waals surface area contributed by atoms with E-state index in [0.29, 0.717) is 35.6 Å². The molecule has 0 saturated carbocycles. The number of aromatic amines is 1. The van der Waals surface area contributed by atoms with Crippen LogP contribution in [0, 0.1) is 11.7 Å². The third-order valence-electron chi connectivity index (χ3n) is 5.32. The van der Waals surface area contributed by atoms with Crippen molar-refractivity contribution < 1.29 is 9.18 Å². The summed E-state index contributed by atoms with van der Waals surface area (Å²) >= 11 is 0. The summed E-state index contributed by atoms with van der Waals surface area (Å²) in [7, 11) is 0. The van der Waals surface area contributed by atoms with Crippen LogP contribution in [0.4, 0.5) is 10.1 Å². The van der Waals surface area contributed by atoms with Crippen LogP contribution in [0.3, 0.4) is 0 Å². The number of H-pyrrole nitrogens is 1. The molecule has 2 heterocycles. The zero-order chi connectivity index (χ0) is 20.2. The molecule has 150 valence electrons. The number of anilines is 1. The number of fused-ring (bicyclic) bond motifs is 1. The fourth-order valence-electron chi connectivity index (χ4n) is 3.72. The molecule has 1 aliphatic heterocycles. The molecule has 0 spiro atoms. The Morgan fingerprint density at radius 2 is 2.00 bits per heavy atom. The first-order chi connectivity index (χ1) is 14.1. The molecule has 1 aliphatic rings. The van der Waals surface area contributed by atoms with Gasteiger partial charge in [0.15, 0.2) is 0 Å². The van der Waals surface area contributed by atoms with E-state index in [0.717, 1.165) is 25.2 Å². The van der Waals surface area contributed by atoms with Crippen LogP contribution in [0.5, 0.6) is 0 Å². The van der Waals surface area contributed by atoms with Gasteiger partial charge in [0.2, 0.25) is 5.91 Å². The van der Waals surface area contributed by atoms with Crippen LogP contribution in [0.25, 0.3) is 10.9 Å². The minimum absolute atomic E-state index is 0.0546. The van der Waals surface area contributed by atoms with Crippen molar-refractivity contribution in [2.75, 3.05) is 24.5 Å². The predicted molar refractivity (Wildman–Crippen MR) is 110 cm³/mol. The number of rotatable bonds is 6. The lowest BCUT2D eigenvalue weighted by atomic mass is 10.1. The molecule has 1 fully saturated rings. The number of halogens is 1. The summed E-state index contributed by atoms with van der Waals surface area (Å²) in [5, 5.41) is 3.53. The van der Waals surface area contributed by atoms with Crippen LogP contribution >= 0.6 is 0 Å². The summed E-state index contributed by atoms with van der Waals surface area (Å²) in [4.78, 5) is 33.7. The van der Waals surface area contributed by atoms with Gasteiger partial charge in [0.25, 0.3) is 5.56 Å². The number of hydrogen-bond donors (Lipinski definition) is 2. The van der Waals surface area contributed by atoms with E-state index in [1.165, 1.54) is 12.1 Å². The van der Waals surface area contributed by atoms with Gasteiger partial charge in [-0.2, -0.15) is 0 Å². The molecule has 29 heavy (non-hydrogen) atoms. The van der Waals surface area contributed by atoms with Crippen LogP contribution in [-0.4, -0.2) is 35.5 Å². The van der Waals surface area contributed by atoms with Crippen molar-refractivity contribution in [3.8, 4) is 0 Å². The number of carbonyl (C=O) groups excluding carboxylic acids is 1. The molecule has 1 saturated heterocycles. The molecule has 1 amide bonds. The molecule has 2 N–H and O–H groups in total. The molecule has 3 aromatic rings. The van der Waals surface area contributed by atoms with Crippen molar-refractivity contribution in [2.45, 2.75) is 19.3 Å². The molecule has 0 radical (unpaired) electrons. The molecule has 4 rings (SSSR count). The fraction of sp³-hybridized carbons (Fsp3) is 0.318. The second-order valence-corrected chi connectivity index (χ2v) is 7.41. The maximum atomic E-state index is 13.1. The molecule has 6 nitrogen and oxygen atoms in total. The smallest absolute Gasteiger partial charge is 0.258 e. The van der Waals surface area contributed by atoms with E-state index in [4.69, 9.17) is 0 Å². The second-order valence-electron chi connectivity index (χ2n) is 7.41. The average molecular weight is 394 g/mol. The Morgan fingerprint density at radius 1 is 1.21 bits per heavy atom. The Labute approximate surface area is 167 Å². The summed E-state index contributed by atoms with van der Waals surface area (Å²) in [6, 6.07) is 13.7. The van der Waals surface area contributed by atoms with Gasteiger partial charge in [-0.3, -0.25) is 9.59 Å². The third-order valence-corrected chi connectivity index (χ3v) is 5.32. The molecular formula is C22H23FN4O2. The summed E-state index contributed by atoms with van der Waals surface area (Å²) in [5.41, 5.74) is 1.46. The zero-order valence-electron chi connectivity index (χ0n) is 16.0. The number of benzene rings is 2. The van der Waals surface area contributed by atoms with Gasteiger partial charge in [-0.05, 0) is 48.7 Å². The third kappa shape index (κ3) is 4.62. The summed E-state index contributed by atoms with van der Waals surface area (Å²) in [6.45, 7) is 2.35. The van der Waals surface area contributed by atoms with Crippen molar-refractivity contribution in [1.29, 1.82) is 0 Å². The van der Waals surface area contributed by atoms with E-state index < -0.39 is 0 Å². The molecule has 2 aromatic carbocycles. The monoisotopic (exact) mass is 394 g/mol. The summed E-state index contributed by atoms with van der Waals surface area (Å²) in [5.74, 6) is 0.592. The van der Waals surface area contributed by atoms with Crippen molar-refractivity contribution in [3.05, 3.63) is 70.5 Å². The highest BCUT2D eigenvalue weighted by atomic mass is 19.1. The summed E-state index contributed by atoms with van der Waals surface area (Å²) in [6.07, 6.45) is 1.64. The number of hydrogen-bond acceptors (Lipinski definition) is 4. The highest BCUT2D eigenvalue weighted by Crippen LogP contribution is 2.23. The number of amides is 1. The SMILES string of the molecule is O=C(CCc1nc2ccccc2c(=O)[nH]1)NCC1CCN(c2ccc(F)cc2)C1. The number of nitrogens with zero attached hydrogens (tertiary/aromatic N) is 2. The quantitative estimate of drug-likeness (QED) is 0.674. The van der Waals surface area contributed by atoms with Crippen LogP contribution in [-0.2, 0) is 11.2 Å². The Balaban J connectivity index is 1.25. The van der Waals surface area contributed by atoms with Gasteiger partial charge in [0.1, 0.15) is 11.6 Å². The molecule has 1 unspecified atom stereocenters. The largest absolute Gasteiger partial charge is 0.371 e. The van der Waals surface area contributed by atoms with E-state index in [2.05, 4.69) is 20.2 Å². The molecule has 7 heteroatoms. The normalized spacial score (nSPS) is 16.3. The first kappa shape index (κ1) is 19.1. The average Bonchev–Trinajstić information content (AvgIpc) is 3.20. The molecular weight excluding hydrogens is 371 g/mol. The Bertz CT molecular complexity index is 1060. The number of nitrogens with one attached hydrogen (secondary N) is 2. The minimum atomic E-state index is -0.237. The van der Waals surface area contributed by atoms with Gasteiger partial charge in [0, 0.05) is 38.2 Å². The second kappa shape index (κ2) is 8.43. The molecule has 1 atom stereocenters. The van der Waals surface area contributed by atoms with E-state index in [1.54, 1.807) is 30.3 Å². The number of para-hydroxylation sites is 1. The summed E-state index contributed by atoms with van der Waals surface area (Å²) < 4.78 is 13.1. The van der Waals surface area contributed by atoms with E-state index >= 15 is 0 Å². The lowest BCUT2D eigenvalue weighted by molar-refractivity contribution is -0.121. The van der Waals surface area contributed by atoms with Crippen molar-refractivity contribution in [1.82, 2.24) is 15.3 Å². The zero-order valence-corrected chi connectivity index (χ0v) is 16.0. The van der Waals surface area contributed by atoms with Crippen LogP contribution in [0.2, 0.25) is 0 Å².